The molecule has 0 spiro atoms. The number of likely N-dealkylation sites (N-methyl/N-ethyl adjacent to an activating group) is 1. The van der Waals surface area contributed by atoms with E-state index in [0.717, 1.165) is 5.70 Å². The van der Waals surface area contributed by atoms with Crippen molar-refractivity contribution in [3.05, 3.63) is 54.1 Å². The topological polar surface area (TPSA) is 195 Å². The minimum atomic E-state index is -1.96. The first-order valence-electron chi connectivity index (χ1n) is 27.0. The second-order valence-corrected chi connectivity index (χ2v) is 24.1. The summed E-state index contributed by atoms with van der Waals surface area (Å²) < 4.78 is 78.4. The Morgan fingerprint density at radius 1 is 1.05 bits per heavy atom. The van der Waals surface area contributed by atoms with Gasteiger partial charge in [0.15, 0.2) is 11.9 Å². The number of halogens is 2. The maximum Gasteiger partial charge on any atom is 0.309 e. The fraction of sp³-hybridized carbons (Fsp3) is 0.768. The van der Waals surface area contributed by atoms with Gasteiger partial charge in [0.1, 0.15) is 66.3 Å². The van der Waals surface area contributed by atoms with E-state index in [2.05, 4.69) is 22.9 Å². The van der Waals surface area contributed by atoms with Crippen molar-refractivity contribution in [2.75, 3.05) is 67.6 Å². The molecule has 0 amide bonds. The minimum absolute atomic E-state index is 0.0437. The van der Waals surface area contributed by atoms with E-state index >= 15 is 4.39 Å². The summed E-state index contributed by atoms with van der Waals surface area (Å²) in [5.74, 6) is -0.581. The fourth-order valence-electron chi connectivity index (χ4n) is 12.0. The number of esters is 1. The second kappa shape index (κ2) is 27.2. The lowest BCUT2D eigenvalue weighted by atomic mass is 9.68. The summed E-state index contributed by atoms with van der Waals surface area (Å²) in [6.45, 7) is 17.9. The van der Waals surface area contributed by atoms with Gasteiger partial charge in [-0.1, -0.05) is 52.3 Å². The molecule has 5 rings (SSSR count). The van der Waals surface area contributed by atoms with Crippen LogP contribution in [0.1, 0.15) is 112 Å². The number of terminal acetylenes is 1. The molecule has 3 fully saturated rings. The highest BCUT2D eigenvalue weighted by Gasteiger charge is 2.55. The van der Waals surface area contributed by atoms with Crippen LogP contribution in [0.25, 0.3) is 0 Å². The molecule has 4 heterocycles. The third-order valence-electron chi connectivity index (χ3n) is 16.9. The SMILES string of the molecule is C#C[C@@]1(O)C[C@@H](C)CN(C)[C@H](C)[C@@H](O)[C@](C)(O)[C@@H](CC)OC(=O)[C@H](C)[C@@H](C2C[C@@](C)(OC)[C@@H](O)C(=C)O2)[C@H](C)[C@H]1O[C@H]1C[C@@H](N(C)CCC2=CN([C@H](CF)[C@H](OC)c3ccc(S(=O)CCCF)cc3)NN2C)C[C@@H](C)O1. The van der Waals surface area contributed by atoms with Crippen LogP contribution in [0.4, 0.5) is 8.78 Å². The first kappa shape index (κ1) is 63.5. The maximum absolute atomic E-state index is 15.0. The molecule has 4 aliphatic rings. The number of hydrogen-bond donors (Lipinski definition) is 5. The van der Waals surface area contributed by atoms with Crippen LogP contribution in [-0.2, 0) is 44.0 Å². The number of benzene rings is 1. The zero-order valence-electron chi connectivity index (χ0n) is 47.3. The summed E-state index contributed by atoms with van der Waals surface area (Å²) in [5.41, 5.74) is -0.133. The molecule has 3 saturated heterocycles. The zero-order valence-corrected chi connectivity index (χ0v) is 48.1. The molecule has 17 nitrogen and oxygen atoms in total. The highest BCUT2D eigenvalue weighted by molar-refractivity contribution is 7.85. The van der Waals surface area contributed by atoms with Crippen LogP contribution < -0.4 is 5.53 Å². The molecule has 2 unspecified atom stereocenters. The van der Waals surface area contributed by atoms with Crippen LogP contribution in [0.5, 0.6) is 0 Å². The minimum Gasteiger partial charge on any atom is -0.492 e. The van der Waals surface area contributed by atoms with Crippen molar-refractivity contribution in [3.8, 4) is 12.3 Å². The van der Waals surface area contributed by atoms with Crippen molar-refractivity contribution in [2.24, 2.45) is 23.7 Å². The molecule has 0 aliphatic carbocycles. The number of cyclic esters (lactones) is 1. The van der Waals surface area contributed by atoms with Gasteiger partial charge in [0.05, 0.1) is 29.5 Å². The molecule has 19 atom stereocenters. The smallest absolute Gasteiger partial charge is 0.309 e. The molecule has 0 bridgehead atoms. The largest absolute Gasteiger partial charge is 0.492 e. The Balaban J connectivity index is 1.43. The number of carbonyl (C=O) groups excluding carboxylic acids is 1. The summed E-state index contributed by atoms with van der Waals surface area (Å²) in [7, 11) is 7.37. The average Bonchev–Trinajstić information content (AvgIpc) is 3.76. The third-order valence-corrected chi connectivity index (χ3v) is 18.3. The van der Waals surface area contributed by atoms with Gasteiger partial charge >= 0.3 is 5.97 Å². The maximum atomic E-state index is 15.0. The van der Waals surface area contributed by atoms with Crippen LogP contribution in [0.15, 0.2) is 53.4 Å². The van der Waals surface area contributed by atoms with E-state index in [0.29, 0.717) is 42.8 Å². The molecule has 1 aromatic carbocycles. The molecule has 432 valence electrons. The van der Waals surface area contributed by atoms with Gasteiger partial charge in [0.25, 0.3) is 0 Å². The Bertz CT molecular complexity index is 2160. The molecular formula is C56H91F2N5O12S. The van der Waals surface area contributed by atoms with Gasteiger partial charge in [-0.05, 0) is 97.0 Å². The van der Waals surface area contributed by atoms with E-state index in [1.807, 2.05) is 58.0 Å². The average molecular weight is 1100 g/mol. The van der Waals surface area contributed by atoms with E-state index in [4.69, 9.17) is 34.8 Å². The standard InChI is InChI=1S/C56H91F2N5O12S/c1-16-46-55(10,67)50(64)38(7)61(12)32-34(3)29-56(68,17-2)52(36(5)48(37(6)53(66)74-46)45-30-54(9,71-15)51(65)39(8)73-45)75-47-28-42(27-35(4)72-47)60(11)25-23-41-33-63(59-62(41)13)44(31-58)49(70-14)40-19-21-43(22-20-40)76(69)26-18-24-57/h2,19-22,33-38,42,44-52,59,64-65,67-68H,8,16,18,23-32H2,1,3-7,9-15H3/t34-,35-,36+,37-,38-,42+,44-,45?,46-,47+,48+,49-,50-,51+,52-,54-,55-,56-,76?/m1/s1. The quantitative estimate of drug-likeness (QED) is 0.0925. The van der Waals surface area contributed by atoms with Crippen LogP contribution >= 0.6 is 0 Å². The van der Waals surface area contributed by atoms with Crippen LogP contribution in [0, 0.1) is 36.0 Å². The number of methoxy groups -OCH3 is 2. The molecule has 5 N–H and O–H groups in total. The number of hydrogen-bond acceptors (Lipinski definition) is 17. The molecule has 1 aromatic rings. The van der Waals surface area contributed by atoms with Crippen molar-refractivity contribution in [1.29, 1.82) is 0 Å². The Morgan fingerprint density at radius 3 is 2.32 bits per heavy atom. The number of ether oxygens (including phenoxy) is 6. The number of nitrogens with zero attached hydrogens (tertiary/aromatic N) is 4. The summed E-state index contributed by atoms with van der Waals surface area (Å²) in [4.78, 5) is 19.4. The van der Waals surface area contributed by atoms with Gasteiger partial charge in [-0.25, -0.2) is 4.39 Å². The molecule has 0 radical (unpaired) electrons. The number of aliphatic hydroxyl groups is 4. The van der Waals surface area contributed by atoms with E-state index < -0.39 is 120 Å². The molecule has 0 saturated carbocycles. The second-order valence-electron chi connectivity index (χ2n) is 22.5. The Hall–Kier alpha value is -3.30. The van der Waals surface area contributed by atoms with E-state index in [1.54, 1.807) is 57.0 Å². The van der Waals surface area contributed by atoms with Crippen LogP contribution in [0.3, 0.4) is 0 Å². The normalized spacial score (nSPS) is 37.8. The van der Waals surface area contributed by atoms with Gasteiger partial charge < -0.3 is 58.6 Å². The summed E-state index contributed by atoms with van der Waals surface area (Å²) in [6, 6.07) is 5.54. The van der Waals surface area contributed by atoms with Crippen molar-refractivity contribution < 1.29 is 66.6 Å². The van der Waals surface area contributed by atoms with Gasteiger partial charge in [-0.2, -0.15) is 0 Å². The molecular weight excluding hydrogens is 1000 g/mol. The van der Waals surface area contributed by atoms with Crippen molar-refractivity contribution in [3.63, 3.8) is 0 Å². The van der Waals surface area contributed by atoms with Crippen molar-refractivity contribution in [2.45, 2.75) is 189 Å². The summed E-state index contributed by atoms with van der Waals surface area (Å²) in [6.07, 6.45) is 2.98. The van der Waals surface area contributed by atoms with Crippen LogP contribution in [0.2, 0.25) is 0 Å². The lowest BCUT2D eigenvalue weighted by Crippen LogP contribution is -2.59. The van der Waals surface area contributed by atoms with E-state index in [1.165, 1.54) is 21.1 Å². The van der Waals surface area contributed by atoms with Crippen molar-refractivity contribution >= 4 is 16.8 Å². The summed E-state index contributed by atoms with van der Waals surface area (Å²) >= 11 is 0. The number of rotatable bonds is 18. The fourth-order valence-corrected chi connectivity index (χ4v) is 13.0. The number of nitrogens with one attached hydrogen (secondary N) is 1. The number of aliphatic hydroxyl groups excluding tert-OH is 2. The first-order chi connectivity index (χ1) is 35.7. The van der Waals surface area contributed by atoms with Gasteiger partial charge in [0.2, 0.25) is 0 Å². The Labute approximate surface area is 454 Å². The van der Waals surface area contributed by atoms with Crippen molar-refractivity contribution in [1.82, 2.24) is 25.4 Å². The van der Waals surface area contributed by atoms with Gasteiger partial charge in [-0.3, -0.25) is 23.4 Å². The van der Waals surface area contributed by atoms with Gasteiger partial charge in [0, 0.05) is 94.2 Å². The highest BCUT2D eigenvalue weighted by atomic mass is 32.2. The predicted molar refractivity (Wildman–Crippen MR) is 286 cm³/mol. The number of alkyl halides is 2. The lowest BCUT2D eigenvalue weighted by Gasteiger charge is -2.49. The Morgan fingerprint density at radius 2 is 1.72 bits per heavy atom. The number of hydrazine groups is 2. The van der Waals surface area contributed by atoms with Gasteiger partial charge in [-0.15, -0.1) is 12.0 Å². The van der Waals surface area contributed by atoms with E-state index in [9.17, 15) is 33.8 Å². The Kier molecular flexibility index (Phi) is 22.8. The molecule has 4 aliphatic heterocycles. The monoisotopic (exact) mass is 1100 g/mol. The van der Waals surface area contributed by atoms with E-state index in [-0.39, 0.29) is 55.3 Å². The summed E-state index contributed by atoms with van der Waals surface area (Å²) in [5, 5.41) is 51.5. The third kappa shape index (κ3) is 14.5. The lowest BCUT2D eigenvalue weighted by molar-refractivity contribution is -0.264. The predicted octanol–water partition coefficient (Wildman–Crippen LogP) is 5.40. The first-order valence-corrected chi connectivity index (χ1v) is 28.3. The number of carbonyl (C=O) groups is 1. The molecule has 20 heteroatoms. The highest BCUT2D eigenvalue weighted by Crippen LogP contribution is 2.45. The molecule has 0 aromatic heterocycles. The van der Waals surface area contributed by atoms with Crippen LogP contribution in [-0.4, -0.2) is 196 Å². The molecule has 76 heavy (non-hydrogen) atoms. The zero-order chi connectivity index (χ0) is 56.6.